The molecular weight excluding hydrogens is 86.1 g/mol. The molecule has 0 heterocycles. The van der Waals surface area contributed by atoms with Gasteiger partial charge in [-0.25, -0.2) is 0 Å². The van der Waals surface area contributed by atoms with E-state index in [0.29, 0.717) is 0 Å². The summed E-state index contributed by atoms with van der Waals surface area (Å²) in [5.74, 6) is 1.09. The van der Waals surface area contributed by atoms with Crippen molar-refractivity contribution in [2.24, 2.45) is 5.92 Å². The molecule has 0 spiro atoms. The Hall–Kier alpha value is -0.0400. The number of nitrogens with one attached hydrogen (secondary N) is 1. The Morgan fingerprint density at radius 1 is 1.57 bits per heavy atom. The number of rotatable bonds is 3. The SMILES string of the molecule is CNCCC1CC1. The highest BCUT2D eigenvalue weighted by Gasteiger charge is 2.19. The summed E-state index contributed by atoms with van der Waals surface area (Å²) >= 11 is 0. The maximum Gasteiger partial charge on any atom is -0.00493 e. The lowest BCUT2D eigenvalue weighted by atomic mass is 10.3. The lowest BCUT2D eigenvalue weighted by Gasteiger charge is -1.91. The molecule has 1 saturated carbocycles. The Balaban J connectivity index is 1.80. The summed E-state index contributed by atoms with van der Waals surface area (Å²) in [4.78, 5) is 0. The Labute approximate surface area is 45.1 Å². The topological polar surface area (TPSA) is 12.0 Å². The second-order valence-corrected chi connectivity index (χ2v) is 2.34. The monoisotopic (exact) mass is 99.1 g/mol. The van der Waals surface area contributed by atoms with Gasteiger partial charge in [0.15, 0.2) is 0 Å². The molecule has 0 bridgehead atoms. The van der Waals surface area contributed by atoms with Crippen LogP contribution in [0.1, 0.15) is 19.3 Å². The first-order valence-corrected chi connectivity index (χ1v) is 3.08. The summed E-state index contributed by atoms with van der Waals surface area (Å²) in [5, 5.41) is 3.14. The molecule has 1 fully saturated rings. The van der Waals surface area contributed by atoms with Crippen LogP contribution in [0, 0.1) is 5.92 Å². The third-order valence-corrected chi connectivity index (χ3v) is 1.50. The molecule has 0 radical (unpaired) electrons. The van der Waals surface area contributed by atoms with Crippen molar-refractivity contribution in [1.82, 2.24) is 5.32 Å². The van der Waals surface area contributed by atoms with Crippen LogP contribution in [0.4, 0.5) is 0 Å². The molecule has 1 heteroatoms. The number of hydrogen-bond donors (Lipinski definition) is 1. The lowest BCUT2D eigenvalue weighted by Crippen LogP contribution is -2.07. The predicted octanol–water partition coefficient (Wildman–Crippen LogP) is 1.01. The van der Waals surface area contributed by atoms with Crippen molar-refractivity contribution in [3.8, 4) is 0 Å². The van der Waals surface area contributed by atoms with Crippen LogP contribution in [0.5, 0.6) is 0 Å². The Bertz CT molecular complexity index is 48.1. The molecule has 0 aromatic heterocycles. The first-order chi connectivity index (χ1) is 3.43. The van der Waals surface area contributed by atoms with Gasteiger partial charge in [-0.2, -0.15) is 0 Å². The molecule has 42 valence electrons. The van der Waals surface area contributed by atoms with E-state index in [-0.39, 0.29) is 0 Å². The lowest BCUT2D eigenvalue weighted by molar-refractivity contribution is 0.666. The molecule has 0 amide bonds. The van der Waals surface area contributed by atoms with Gasteiger partial charge in [-0.3, -0.25) is 0 Å². The normalized spacial score (nSPS) is 20.1. The minimum Gasteiger partial charge on any atom is -0.320 e. The highest BCUT2D eigenvalue weighted by Crippen LogP contribution is 2.31. The largest absolute Gasteiger partial charge is 0.320 e. The molecule has 1 aliphatic rings. The zero-order chi connectivity index (χ0) is 5.11. The Morgan fingerprint density at radius 2 is 2.29 bits per heavy atom. The third kappa shape index (κ3) is 1.93. The minimum absolute atomic E-state index is 1.09. The zero-order valence-corrected chi connectivity index (χ0v) is 4.91. The predicted molar refractivity (Wildman–Crippen MR) is 31.3 cm³/mol. The molecule has 0 aromatic rings. The van der Waals surface area contributed by atoms with Gasteiger partial charge in [-0.05, 0) is 25.9 Å². The quantitative estimate of drug-likeness (QED) is 0.556. The molecule has 0 atom stereocenters. The molecule has 7 heavy (non-hydrogen) atoms. The van der Waals surface area contributed by atoms with Gasteiger partial charge >= 0.3 is 0 Å². The van der Waals surface area contributed by atoms with Gasteiger partial charge < -0.3 is 5.32 Å². The van der Waals surface area contributed by atoms with Gasteiger partial charge in [0.25, 0.3) is 0 Å². The first-order valence-electron chi connectivity index (χ1n) is 3.08. The Kier molecular flexibility index (Phi) is 1.69. The zero-order valence-electron chi connectivity index (χ0n) is 4.91. The molecular formula is C6H13N. The van der Waals surface area contributed by atoms with Crippen molar-refractivity contribution < 1.29 is 0 Å². The van der Waals surface area contributed by atoms with Crippen LogP contribution >= 0.6 is 0 Å². The van der Waals surface area contributed by atoms with E-state index < -0.39 is 0 Å². The van der Waals surface area contributed by atoms with Crippen molar-refractivity contribution in [2.45, 2.75) is 19.3 Å². The van der Waals surface area contributed by atoms with E-state index >= 15 is 0 Å². The van der Waals surface area contributed by atoms with E-state index in [1.54, 1.807) is 0 Å². The molecule has 1 aliphatic carbocycles. The minimum atomic E-state index is 1.09. The molecule has 1 nitrogen and oxygen atoms in total. The summed E-state index contributed by atoms with van der Waals surface area (Å²) < 4.78 is 0. The fourth-order valence-corrected chi connectivity index (χ4v) is 0.755. The van der Waals surface area contributed by atoms with E-state index in [2.05, 4.69) is 5.32 Å². The summed E-state index contributed by atoms with van der Waals surface area (Å²) in [6.45, 7) is 1.21. The van der Waals surface area contributed by atoms with Crippen molar-refractivity contribution in [3.63, 3.8) is 0 Å². The summed E-state index contributed by atoms with van der Waals surface area (Å²) in [6.07, 6.45) is 4.37. The van der Waals surface area contributed by atoms with E-state index in [9.17, 15) is 0 Å². The fourth-order valence-electron chi connectivity index (χ4n) is 0.755. The van der Waals surface area contributed by atoms with Crippen molar-refractivity contribution in [3.05, 3.63) is 0 Å². The van der Waals surface area contributed by atoms with Crippen molar-refractivity contribution in [1.29, 1.82) is 0 Å². The van der Waals surface area contributed by atoms with E-state index in [4.69, 9.17) is 0 Å². The molecule has 0 saturated heterocycles. The third-order valence-electron chi connectivity index (χ3n) is 1.50. The number of hydrogen-bond acceptors (Lipinski definition) is 1. The average molecular weight is 99.2 g/mol. The highest BCUT2D eigenvalue weighted by atomic mass is 14.8. The van der Waals surface area contributed by atoms with Crippen LogP contribution < -0.4 is 5.32 Å². The second-order valence-electron chi connectivity index (χ2n) is 2.34. The smallest absolute Gasteiger partial charge is 0.00493 e. The van der Waals surface area contributed by atoms with Crippen molar-refractivity contribution >= 4 is 0 Å². The second kappa shape index (κ2) is 2.31. The van der Waals surface area contributed by atoms with Gasteiger partial charge in [-0.15, -0.1) is 0 Å². The van der Waals surface area contributed by atoms with Gasteiger partial charge in [0.2, 0.25) is 0 Å². The summed E-state index contributed by atoms with van der Waals surface area (Å²) in [6, 6.07) is 0. The van der Waals surface area contributed by atoms with Gasteiger partial charge in [0.1, 0.15) is 0 Å². The molecule has 0 unspecified atom stereocenters. The van der Waals surface area contributed by atoms with E-state index in [1.807, 2.05) is 7.05 Å². The average Bonchev–Trinajstić information content (AvgIpc) is 2.42. The van der Waals surface area contributed by atoms with Gasteiger partial charge in [0, 0.05) is 0 Å². The van der Waals surface area contributed by atoms with Gasteiger partial charge in [-0.1, -0.05) is 12.8 Å². The van der Waals surface area contributed by atoms with Crippen LogP contribution in [0.25, 0.3) is 0 Å². The fraction of sp³-hybridized carbons (Fsp3) is 1.00. The van der Waals surface area contributed by atoms with E-state index in [1.165, 1.54) is 25.8 Å². The molecule has 0 aliphatic heterocycles. The first kappa shape index (κ1) is 5.10. The van der Waals surface area contributed by atoms with Gasteiger partial charge in [0.05, 0.1) is 0 Å². The molecule has 0 aromatic carbocycles. The highest BCUT2D eigenvalue weighted by molar-refractivity contribution is 4.72. The Morgan fingerprint density at radius 3 is 2.71 bits per heavy atom. The molecule has 1 N–H and O–H groups in total. The molecule has 1 rings (SSSR count). The van der Waals surface area contributed by atoms with Crippen LogP contribution in [0.2, 0.25) is 0 Å². The van der Waals surface area contributed by atoms with Crippen LogP contribution in [0.15, 0.2) is 0 Å². The summed E-state index contributed by atoms with van der Waals surface area (Å²) in [7, 11) is 2.02. The van der Waals surface area contributed by atoms with E-state index in [0.717, 1.165) is 5.92 Å². The maximum absolute atomic E-state index is 3.14. The van der Waals surface area contributed by atoms with Crippen LogP contribution in [-0.2, 0) is 0 Å². The maximum atomic E-state index is 3.14. The van der Waals surface area contributed by atoms with Crippen molar-refractivity contribution in [2.75, 3.05) is 13.6 Å². The van der Waals surface area contributed by atoms with Crippen LogP contribution in [-0.4, -0.2) is 13.6 Å². The standard InChI is InChI=1S/C6H13N/c1-7-5-4-6-2-3-6/h6-7H,2-5H2,1H3. The van der Waals surface area contributed by atoms with Crippen LogP contribution in [0.3, 0.4) is 0 Å². The summed E-state index contributed by atoms with van der Waals surface area (Å²) in [5.41, 5.74) is 0.